The molecule has 0 spiro atoms. The third-order valence-corrected chi connectivity index (χ3v) is 3.47. The standard InChI is InChI=1S/C19H23N3O5/c1-13(23)27-16(14-8-6-5-7-9-14)17(24)21-15-10-20-22(11-15)12-26-18(25)19(2,3)4/h5-11,16H,12H2,1-4H3,(H,21,24)/t16-/m1/s1. The number of anilines is 1. The van der Waals surface area contributed by atoms with E-state index in [0.29, 0.717) is 11.3 Å². The minimum atomic E-state index is -1.08. The van der Waals surface area contributed by atoms with E-state index in [1.807, 2.05) is 0 Å². The summed E-state index contributed by atoms with van der Waals surface area (Å²) in [6, 6.07) is 8.70. The van der Waals surface area contributed by atoms with Gasteiger partial charge >= 0.3 is 11.9 Å². The van der Waals surface area contributed by atoms with Crippen LogP contribution in [-0.4, -0.2) is 27.6 Å². The van der Waals surface area contributed by atoms with Crippen LogP contribution >= 0.6 is 0 Å². The average Bonchev–Trinajstić information content (AvgIpc) is 3.04. The average molecular weight is 373 g/mol. The Hall–Kier alpha value is -3.16. The fraction of sp³-hybridized carbons (Fsp3) is 0.368. The lowest BCUT2D eigenvalue weighted by molar-refractivity contribution is -0.157. The summed E-state index contributed by atoms with van der Waals surface area (Å²) in [5, 5.41) is 6.68. The van der Waals surface area contributed by atoms with Gasteiger partial charge in [-0.25, -0.2) is 4.68 Å². The van der Waals surface area contributed by atoms with Crippen LogP contribution in [0, 0.1) is 5.41 Å². The SMILES string of the molecule is CC(=O)O[C@@H](C(=O)Nc1cnn(COC(=O)C(C)(C)C)c1)c1ccccc1. The molecule has 2 aromatic rings. The first kappa shape index (κ1) is 20.2. The molecule has 0 unspecified atom stereocenters. The van der Waals surface area contributed by atoms with Crippen molar-refractivity contribution in [1.29, 1.82) is 0 Å². The Morgan fingerprint density at radius 3 is 2.44 bits per heavy atom. The zero-order valence-electron chi connectivity index (χ0n) is 15.8. The fourth-order valence-corrected chi connectivity index (χ4v) is 2.11. The fourth-order valence-electron chi connectivity index (χ4n) is 2.11. The third kappa shape index (κ3) is 5.95. The van der Waals surface area contributed by atoms with Gasteiger partial charge in [0, 0.05) is 12.5 Å². The van der Waals surface area contributed by atoms with E-state index in [9.17, 15) is 14.4 Å². The van der Waals surface area contributed by atoms with Gasteiger partial charge in [0.15, 0.2) is 6.73 Å². The van der Waals surface area contributed by atoms with Crippen molar-refractivity contribution >= 4 is 23.5 Å². The smallest absolute Gasteiger partial charge is 0.313 e. The number of benzene rings is 1. The lowest BCUT2D eigenvalue weighted by Gasteiger charge is -2.16. The molecule has 0 aliphatic carbocycles. The summed E-state index contributed by atoms with van der Waals surface area (Å²) in [4.78, 5) is 35.7. The van der Waals surface area contributed by atoms with Crippen molar-refractivity contribution in [3.05, 3.63) is 48.3 Å². The van der Waals surface area contributed by atoms with E-state index in [4.69, 9.17) is 9.47 Å². The molecular formula is C19H23N3O5. The van der Waals surface area contributed by atoms with Gasteiger partial charge in [0.25, 0.3) is 5.91 Å². The molecule has 1 N–H and O–H groups in total. The van der Waals surface area contributed by atoms with Crippen molar-refractivity contribution in [1.82, 2.24) is 9.78 Å². The molecule has 0 saturated carbocycles. The summed E-state index contributed by atoms with van der Waals surface area (Å²) in [5.74, 6) is -1.44. The zero-order valence-corrected chi connectivity index (χ0v) is 15.8. The lowest BCUT2D eigenvalue weighted by Crippen LogP contribution is -2.25. The second kappa shape index (κ2) is 8.48. The molecule has 144 valence electrons. The monoisotopic (exact) mass is 373 g/mol. The van der Waals surface area contributed by atoms with Crippen LogP contribution in [-0.2, 0) is 30.6 Å². The highest BCUT2D eigenvalue weighted by Crippen LogP contribution is 2.20. The second-order valence-electron chi connectivity index (χ2n) is 6.97. The number of esters is 2. The molecule has 0 saturated heterocycles. The number of aromatic nitrogens is 2. The Kier molecular flexibility index (Phi) is 6.33. The van der Waals surface area contributed by atoms with Crippen LogP contribution in [0.4, 0.5) is 5.69 Å². The first-order valence-corrected chi connectivity index (χ1v) is 8.39. The first-order chi connectivity index (χ1) is 12.7. The molecule has 0 aliphatic heterocycles. The number of amides is 1. The molecule has 2 rings (SSSR count). The van der Waals surface area contributed by atoms with Gasteiger partial charge in [0.05, 0.1) is 23.5 Å². The Bertz CT molecular complexity index is 808. The van der Waals surface area contributed by atoms with Crippen LogP contribution in [0.1, 0.15) is 39.4 Å². The molecule has 8 heteroatoms. The summed E-state index contributed by atoms with van der Waals surface area (Å²) in [7, 11) is 0. The molecule has 1 amide bonds. The van der Waals surface area contributed by atoms with E-state index in [-0.39, 0.29) is 12.7 Å². The minimum Gasteiger partial charge on any atom is -0.447 e. The molecule has 0 fully saturated rings. The summed E-state index contributed by atoms with van der Waals surface area (Å²) in [6.07, 6.45) is 1.85. The molecule has 1 aromatic carbocycles. The Balaban J connectivity index is 2.03. The number of rotatable bonds is 6. The van der Waals surface area contributed by atoms with Gasteiger partial charge in [-0.05, 0) is 20.8 Å². The predicted molar refractivity (Wildman–Crippen MR) is 97.4 cm³/mol. The first-order valence-electron chi connectivity index (χ1n) is 8.39. The molecule has 0 bridgehead atoms. The van der Waals surface area contributed by atoms with Crippen molar-refractivity contribution in [3.8, 4) is 0 Å². The van der Waals surface area contributed by atoms with Gasteiger partial charge < -0.3 is 14.8 Å². The Morgan fingerprint density at radius 1 is 1.19 bits per heavy atom. The minimum absolute atomic E-state index is 0.0714. The van der Waals surface area contributed by atoms with Crippen LogP contribution in [0.5, 0.6) is 0 Å². The largest absolute Gasteiger partial charge is 0.447 e. The Labute approximate surface area is 157 Å². The molecule has 0 aliphatic rings. The van der Waals surface area contributed by atoms with Gasteiger partial charge in [0.1, 0.15) is 0 Å². The summed E-state index contributed by atoms with van der Waals surface area (Å²) in [6.45, 7) is 6.43. The number of ether oxygens (including phenoxy) is 2. The molecule has 1 atom stereocenters. The van der Waals surface area contributed by atoms with E-state index >= 15 is 0 Å². The van der Waals surface area contributed by atoms with E-state index in [0.717, 1.165) is 0 Å². The number of hydrogen-bond acceptors (Lipinski definition) is 6. The topological polar surface area (TPSA) is 99.5 Å². The van der Waals surface area contributed by atoms with Crippen LogP contribution in [0.25, 0.3) is 0 Å². The van der Waals surface area contributed by atoms with Crippen molar-refractivity contribution in [2.24, 2.45) is 5.41 Å². The second-order valence-corrected chi connectivity index (χ2v) is 6.97. The molecular weight excluding hydrogens is 350 g/mol. The highest BCUT2D eigenvalue weighted by molar-refractivity contribution is 5.95. The molecule has 1 aromatic heterocycles. The van der Waals surface area contributed by atoms with Gasteiger partial charge in [-0.2, -0.15) is 5.10 Å². The van der Waals surface area contributed by atoms with E-state index in [1.54, 1.807) is 51.1 Å². The number of carbonyl (C=O) groups excluding carboxylic acids is 3. The lowest BCUT2D eigenvalue weighted by atomic mass is 9.98. The zero-order chi connectivity index (χ0) is 20.0. The van der Waals surface area contributed by atoms with Crippen LogP contribution in [0.2, 0.25) is 0 Å². The van der Waals surface area contributed by atoms with Crippen molar-refractivity contribution < 1.29 is 23.9 Å². The van der Waals surface area contributed by atoms with Gasteiger partial charge in [-0.15, -0.1) is 0 Å². The van der Waals surface area contributed by atoms with Crippen molar-refractivity contribution in [2.45, 2.75) is 40.5 Å². The van der Waals surface area contributed by atoms with Crippen LogP contribution in [0.15, 0.2) is 42.7 Å². The molecule has 0 radical (unpaired) electrons. The maximum atomic E-state index is 12.5. The number of nitrogens with zero attached hydrogens (tertiary/aromatic N) is 2. The maximum absolute atomic E-state index is 12.5. The van der Waals surface area contributed by atoms with E-state index < -0.39 is 23.4 Å². The summed E-state index contributed by atoms with van der Waals surface area (Å²) < 4.78 is 11.7. The number of hydrogen-bond donors (Lipinski definition) is 1. The van der Waals surface area contributed by atoms with E-state index in [1.165, 1.54) is 24.0 Å². The van der Waals surface area contributed by atoms with Crippen molar-refractivity contribution in [3.63, 3.8) is 0 Å². The van der Waals surface area contributed by atoms with Crippen LogP contribution < -0.4 is 5.32 Å². The van der Waals surface area contributed by atoms with Crippen LogP contribution in [0.3, 0.4) is 0 Å². The highest BCUT2D eigenvalue weighted by Gasteiger charge is 2.25. The molecule has 27 heavy (non-hydrogen) atoms. The normalized spacial score (nSPS) is 12.1. The molecule has 1 heterocycles. The number of carbonyl (C=O) groups is 3. The van der Waals surface area contributed by atoms with Gasteiger partial charge in [0.2, 0.25) is 6.10 Å². The van der Waals surface area contributed by atoms with Crippen molar-refractivity contribution in [2.75, 3.05) is 5.32 Å². The predicted octanol–water partition coefficient (Wildman–Crippen LogP) is 2.67. The molecule has 8 nitrogen and oxygen atoms in total. The Morgan fingerprint density at radius 2 is 1.85 bits per heavy atom. The third-order valence-electron chi connectivity index (χ3n) is 3.47. The van der Waals surface area contributed by atoms with Gasteiger partial charge in [-0.1, -0.05) is 30.3 Å². The highest BCUT2D eigenvalue weighted by atomic mass is 16.6. The van der Waals surface area contributed by atoms with Gasteiger partial charge in [-0.3, -0.25) is 14.4 Å². The summed E-state index contributed by atoms with van der Waals surface area (Å²) in [5.41, 5.74) is 0.327. The number of nitrogens with one attached hydrogen (secondary N) is 1. The summed E-state index contributed by atoms with van der Waals surface area (Å²) >= 11 is 0. The quantitative estimate of drug-likeness (QED) is 0.782. The maximum Gasteiger partial charge on any atom is 0.313 e. The van der Waals surface area contributed by atoms with E-state index in [2.05, 4.69) is 10.4 Å².